The van der Waals surface area contributed by atoms with Crippen LogP contribution in [-0.4, -0.2) is 31.3 Å². The average Bonchev–Trinajstić information content (AvgIpc) is 3.25. The van der Waals surface area contributed by atoms with E-state index in [1.54, 1.807) is 0 Å². The number of hydrogen-bond acceptors (Lipinski definition) is 3. The maximum absolute atomic E-state index is 12.0. The van der Waals surface area contributed by atoms with Crippen LogP contribution in [0.4, 0.5) is 4.79 Å². The van der Waals surface area contributed by atoms with Gasteiger partial charge in [0.25, 0.3) is 0 Å². The van der Waals surface area contributed by atoms with Crippen LogP contribution >= 0.6 is 0 Å². The lowest BCUT2D eigenvalue weighted by Crippen LogP contribution is -2.47. The third kappa shape index (κ3) is 3.83. The van der Waals surface area contributed by atoms with Crippen molar-refractivity contribution in [2.45, 2.75) is 30.9 Å². The molecule has 1 saturated heterocycles. The summed E-state index contributed by atoms with van der Waals surface area (Å²) in [6, 6.07) is 31.9. The first kappa shape index (κ1) is 20.2. The van der Waals surface area contributed by atoms with Crippen molar-refractivity contribution in [3.8, 4) is 0 Å². The van der Waals surface area contributed by atoms with Gasteiger partial charge in [-0.05, 0) is 23.6 Å². The van der Waals surface area contributed by atoms with E-state index in [2.05, 4.69) is 83.4 Å². The Labute approximate surface area is 178 Å². The molecular weight excluding hydrogens is 372 g/mol. The van der Waals surface area contributed by atoms with Gasteiger partial charge in [-0.2, -0.15) is 0 Å². The van der Waals surface area contributed by atoms with E-state index < -0.39 is 5.41 Å². The first-order valence-electron chi connectivity index (χ1n) is 10.6. The van der Waals surface area contributed by atoms with Crippen molar-refractivity contribution in [2.24, 2.45) is 0 Å². The van der Waals surface area contributed by atoms with Gasteiger partial charge < -0.3 is 15.4 Å². The molecule has 30 heavy (non-hydrogen) atoms. The van der Waals surface area contributed by atoms with Gasteiger partial charge in [-0.3, -0.25) is 0 Å². The Balaban J connectivity index is 1.81. The molecule has 0 radical (unpaired) electrons. The molecular formula is C26H28N2O2. The van der Waals surface area contributed by atoms with Crippen LogP contribution < -0.4 is 10.6 Å². The van der Waals surface area contributed by atoms with Crippen molar-refractivity contribution in [3.63, 3.8) is 0 Å². The molecule has 4 rings (SSSR count). The van der Waals surface area contributed by atoms with Gasteiger partial charge >= 0.3 is 6.09 Å². The molecule has 4 nitrogen and oxygen atoms in total. The monoisotopic (exact) mass is 400 g/mol. The number of benzene rings is 3. The summed E-state index contributed by atoms with van der Waals surface area (Å²) < 4.78 is 5.67. The molecule has 0 aliphatic carbocycles. The highest BCUT2D eigenvalue weighted by atomic mass is 16.6. The van der Waals surface area contributed by atoms with Crippen molar-refractivity contribution in [1.29, 1.82) is 0 Å². The van der Waals surface area contributed by atoms with Crippen molar-refractivity contribution in [2.75, 3.05) is 13.1 Å². The summed E-state index contributed by atoms with van der Waals surface area (Å²) in [4.78, 5) is 12.0. The van der Waals surface area contributed by atoms with Crippen LogP contribution in [0.1, 0.15) is 30.0 Å². The smallest absolute Gasteiger partial charge is 0.407 e. The largest absolute Gasteiger partial charge is 0.445 e. The third-order valence-electron chi connectivity index (χ3n) is 5.90. The highest BCUT2D eigenvalue weighted by molar-refractivity contribution is 5.67. The Morgan fingerprint density at radius 2 is 1.37 bits per heavy atom. The van der Waals surface area contributed by atoms with E-state index >= 15 is 0 Å². The van der Waals surface area contributed by atoms with Crippen LogP contribution in [0.15, 0.2) is 91.0 Å². The zero-order valence-corrected chi connectivity index (χ0v) is 17.3. The van der Waals surface area contributed by atoms with Crippen molar-refractivity contribution < 1.29 is 9.53 Å². The number of alkyl carbamates (subject to hydrolysis) is 1. The van der Waals surface area contributed by atoms with Gasteiger partial charge in [0.15, 0.2) is 0 Å². The fraction of sp³-hybridized carbons (Fsp3) is 0.269. The second-order valence-corrected chi connectivity index (χ2v) is 7.66. The van der Waals surface area contributed by atoms with E-state index in [0.29, 0.717) is 13.1 Å². The second-order valence-electron chi connectivity index (χ2n) is 7.66. The topological polar surface area (TPSA) is 50.4 Å². The quantitative estimate of drug-likeness (QED) is 0.599. The lowest BCUT2D eigenvalue weighted by atomic mass is 9.64. The van der Waals surface area contributed by atoms with E-state index in [9.17, 15) is 4.79 Å². The van der Waals surface area contributed by atoms with E-state index in [-0.39, 0.29) is 18.2 Å². The summed E-state index contributed by atoms with van der Waals surface area (Å²) in [5, 5.41) is 6.42. The molecule has 2 atom stereocenters. The molecule has 0 aromatic heterocycles. The zero-order chi connectivity index (χ0) is 20.8. The fourth-order valence-corrected chi connectivity index (χ4v) is 4.67. The van der Waals surface area contributed by atoms with Crippen molar-refractivity contribution in [3.05, 3.63) is 108 Å². The zero-order valence-electron chi connectivity index (χ0n) is 17.3. The molecule has 3 aromatic rings. The van der Waals surface area contributed by atoms with Crippen LogP contribution in [-0.2, 0) is 10.2 Å². The minimum atomic E-state index is -0.400. The highest BCUT2D eigenvalue weighted by Crippen LogP contribution is 2.44. The normalized spacial score (nSPS) is 18.7. The van der Waals surface area contributed by atoms with Gasteiger partial charge in [-0.1, -0.05) is 91.0 Å². The van der Waals surface area contributed by atoms with E-state index in [0.717, 1.165) is 6.42 Å². The molecule has 2 N–H and O–H groups in total. The average molecular weight is 401 g/mol. The molecule has 4 heteroatoms. The van der Waals surface area contributed by atoms with Crippen LogP contribution in [0.5, 0.6) is 0 Å². The molecule has 2 unspecified atom stereocenters. The van der Waals surface area contributed by atoms with Crippen LogP contribution in [0.3, 0.4) is 0 Å². The minimum Gasteiger partial charge on any atom is -0.445 e. The molecule has 154 valence electrons. The number of ether oxygens (including phenoxy) is 1. The van der Waals surface area contributed by atoms with Gasteiger partial charge in [-0.15, -0.1) is 0 Å². The lowest BCUT2D eigenvalue weighted by molar-refractivity contribution is 0.106. The van der Waals surface area contributed by atoms with Gasteiger partial charge in [0, 0.05) is 25.6 Å². The Morgan fingerprint density at radius 3 is 1.80 bits per heavy atom. The molecule has 1 heterocycles. The Morgan fingerprint density at radius 1 is 0.900 bits per heavy atom. The fourth-order valence-electron chi connectivity index (χ4n) is 4.67. The van der Waals surface area contributed by atoms with E-state index in [1.807, 2.05) is 25.1 Å². The lowest BCUT2D eigenvalue weighted by Gasteiger charge is -2.41. The Hall–Kier alpha value is -3.11. The van der Waals surface area contributed by atoms with Gasteiger partial charge in [0.1, 0.15) is 6.10 Å². The Bertz CT molecular complexity index is 848. The molecule has 0 bridgehead atoms. The SMILES string of the molecule is CCNC(=O)OC1CNC(C(c2ccccc2)(c2ccccc2)c2ccccc2)C1. The summed E-state index contributed by atoms with van der Waals surface area (Å²) in [5.74, 6) is 0. The summed E-state index contributed by atoms with van der Waals surface area (Å²) in [6.07, 6.45) is 0.210. The van der Waals surface area contributed by atoms with E-state index in [1.165, 1.54) is 16.7 Å². The predicted octanol–water partition coefficient (Wildman–Crippen LogP) is 4.50. The number of rotatable bonds is 6. The highest BCUT2D eigenvalue weighted by Gasteiger charge is 2.47. The number of amides is 1. The first-order chi connectivity index (χ1) is 14.7. The van der Waals surface area contributed by atoms with Crippen LogP contribution in [0, 0.1) is 0 Å². The third-order valence-corrected chi connectivity index (χ3v) is 5.90. The van der Waals surface area contributed by atoms with Crippen LogP contribution in [0.2, 0.25) is 0 Å². The van der Waals surface area contributed by atoms with Crippen molar-refractivity contribution in [1.82, 2.24) is 10.6 Å². The summed E-state index contributed by atoms with van der Waals surface area (Å²) >= 11 is 0. The van der Waals surface area contributed by atoms with Gasteiger partial charge in [0.2, 0.25) is 0 Å². The first-order valence-corrected chi connectivity index (χ1v) is 10.6. The second kappa shape index (κ2) is 9.14. The standard InChI is InChI=1S/C26H28N2O2/c1-2-27-25(29)30-23-18-24(28-19-23)26(20-12-6-3-7-13-20,21-14-8-4-9-15-21)22-16-10-5-11-17-22/h3-17,23-24,28H,2,18-19H2,1H3,(H,27,29). The molecule has 1 fully saturated rings. The summed E-state index contributed by atoms with van der Waals surface area (Å²) in [6.45, 7) is 3.09. The number of hydrogen-bond donors (Lipinski definition) is 2. The molecule has 1 aliphatic heterocycles. The summed E-state index contributed by atoms with van der Waals surface area (Å²) in [7, 11) is 0. The molecule has 1 aliphatic rings. The molecule has 0 saturated carbocycles. The van der Waals surface area contributed by atoms with Gasteiger partial charge in [-0.25, -0.2) is 4.79 Å². The minimum absolute atomic E-state index is 0.0733. The maximum atomic E-state index is 12.0. The molecule has 3 aromatic carbocycles. The number of nitrogens with one attached hydrogen (secondary N) is 2. The Kier molecular flexibility index (Phi) is 6.15. The maximum Gasteiger partial charge on any atom is 0.407 e. The van der Waals surface area contributed by atoms with Gasteiger partial charge in [0.05, 0.1) is 5.41 Å². The van der Waals surface area contributed by atoms with E-state index in [4.69, 9.17) is 4.74 Å². The molecule has 1 amide bonds. The van der Waals surface area contributed by atoms with Crippen LogP contribution in [0.25, 0.3) is 0 Å². The summed E-state index contributed by atoms with van der Waals surface area (Å²) in [5.41, 5.74) is 3.26. The molecule has 0 spiro atoms. The number of carbonyl (C=O) groups is 1. The van der Waals surface area contributed by atoms with Crippen molar-refractivity contribution >= 4 is 6.09 Å². The predicted molar refractivity (Wildman–Crippen MR) is 120 cm³/mol. The number of carbonyl (C=O) groups excluding carboxylic acids is 1.